The lowest BCUT2D eigenvalue weighted by atomic mass is 10.0. The van der Waals surface area contributed by atoms with Gasteiger partial charge in [0, 0.05) is 40.0 Å². The highest BCUT2D eigenvalue weighted by Gasteiger charge is 2.26. The van der Waals surface area contributed by atoms with Crippen molar-refractivity contribution in [2.75, 3.05) is 0 Å². The number of carbonyl (C=O) groups is 1. The molecule has 0 fully saturated rings. The van der Waals surface area contributed by atoms with E-state index in [0.717, 1.165) is 26.9 Å². The minimum atomic E-state index is -3.93. The summed E-state index contributed by atoms with van der Waals surface area (Å²) in [5.74, 6) is -0.136. The first-order valence-electron chi connectivity index (χ1n) is 10.4. The Balaban J connectivity index is 1.77. The van der Waals surface area contributed by atoms with Crippen molar-refractivity contribution >= 4 is 38.0 Å². The predicted molar refractivity (Wildman–Crippen MR) is 131 cm³/mol. The Morgan fingerprint density at radius 2 is 1.76 bits per heavy atom. The van der Waals surface area contributed by atoms with Gasteiger partial charge in [-0.25, -0.2) is 8.42 Å². The van der Waals surface area contributed by atoms with Gasteiger partial charge in [0.25, 0.3) is 5.56 Å². The number of sulfonamides is 1. The molecule has 0 aliphatic rings. The number of nitrogens with zero attached hydrogens (tertiary/aromatic N) is 1. The van der Waals surface area contributed by atoms with E-state index in [1.807, 2.05) is 43.5 Å². The topological polar surface area (TPSA) is 87.3 Å². The maximum atomic E-state index is 13.6. The van der Waals surface area contributed by atoms with Gasteiger partial charge in [0.2, 0.25) is 10.0 Å². The third-order valence-corrected chi connectivity index (χ3v) is 8.21. The Labute approximate surface area is 196 Å². The molecule has 4 rings (SSSR count). The zero-order valence-corrected chi connectivity index (χ0v) is 20.2. The first-order valence-corrected chi connectivity index (χ1v) is 12.7. The average molecular weight is 481 g/mol. The molecule has 33 heavy (non-hydrogen) atoms. The van der Waals surface area contributed by atoms with Gasteiger partial charge in [-0.15, -0.1) is 11.3 Å². The highest BCUT2D eigenvalue weighted by Crippen LogP contribution is 2.24. The molecule has 8 heteroatoms. The molecule has 0 radical (unpaired) electrons. The van der Waals surface area contributed by atoms with Crippen LogP contribution < -0.4 is 5.56 Å². The summed E-state index contributed by atoms with van der Waals surface area (Å²) >= 11 is 1.45. The number of ketones is 1. The fraction of sp³-hybridized carbons (Fsp3) is 0.200. The highest BCUT2D eigenvalue weighted by atomic mass is 32.2. The molecule has 0 atom stereocenters. The van der Waals surface area contributed by atoms with Gasteiger partial charge in [0.15, 0.2) is 5.78 Å². The van der Waals surface area contributed by atoms with E-state index < -0.39 is 10.0 Å². The fourth-order valence-corrected chi connectivity index (χ4v) is 6.03. The van der Waals surface area contributed by atoms with Crippen molar-refractivity contribution in [3.63, 3.8) is 0 Å². The zero-order valence-electron chi connectivity index (χ0n) is 18.6. The normalized spacial score (nSPS) is 11.9. The lowest BCUT2D eigenvalue weighted by Crippen LogP contribution is -2.32. The van der Waals surface area contributed by atoms with Crippen LogP contribution in [-0.2, 0) is 23.1 Å². The number of carbonyl (C=O) groups excluding carboxylic acids is 1. The van der Waals surface area contributed by atoms with Crippen LogP contribution in [0.2, 0.25) is 0 Å². The van der Waals surface area contributed by atoms with Crippen molar-refractivity contribution in [2.24, 2.45) is 0 Å². The van der Waals surface area contributed by atoms with Crippen LogP contribution in [0.3, 0.4) is 0 Å². The third kappa shape index (κ3) is 4.83. The second kappa shape index (κ2) is 9.05. The van der Waals surface area contributed by atoms with Crippen LogP contribution in [0, 0.1) is 13.8 Å². The predicted octanol–water partition coefficient (Wildman–Crippen LogP) is 4.80. The molecule has 0 amide bonds. The summed E-state index contributed by atoms with van der Waals surface area (Å²) in [6.07, 6.45) is 0. The first kappa shape index (κ1) is 23.1. The van der Waals surface area contributed by atoms with E-state index in [1.54, 1.807) is 6.07 Å². The summed E-state index contributed by atoms with van der Waals surface area (Å²) in [6, 6.07) is 15.3. The van der Waals surface area contributed by atoms with Crippen LogP contribution in [0.5, 0.6) is 0 Å². The van der Waals surface area contributed by atoms with Gasteiger partial charge in [0.05, 0.1) is 4.90 Å². The number of pyridine rings is 1. The van der Waals surface area contributed by atoms with Crippen molar-refractivity contribution in [2.45, 2.75) is 38.8 Å². The van der Waals surface area contributed by atoms with Gasteiger partial charge in [-0.05, 0) is 67.6 Å². The number of rotatable bonds is 7. The molecule has 0 saturated carbocycles. The molecule has 0 bridgehead atoms. The molecule has 1 N–H and O–H groups in total. The van der Waals surface area contributed by atoms with Crippen LogP contribution in [0.1, 0.15) is 38.8 Å². The Bertz CT molecular complexity index is 1490. The Morgan fingerprint density at radius 3 is 2.39 bits per heavy atom. The van der Waals surface area contributed by atoms with Gasteiger partial charge in [-0.2, -0.15) is 4.31 Å². The molecule has 0 spiro atoms. The maximum Gasteiger partial charge on any atom is 0.252 e. The Hall–Kier alpha value is -3.07. The summed E-state index contributed by atoms with van der Waals surface area (Å²) in [5.41, 5.74) is 3.28. The van der Waals surface area contributed by atoms with Gasteiger partial charge in [0.1, 0.15) is 0 Å². The summed E-state index contributed by atoms with van der Waals surface area (Å²) in [7, 11) is -3.93. The lowest BCUT2D eigenvalue weighted by molar-refractivity contribution is 0.101. The Kier molecular flexibility index (Phi) is 6.34. The summed E-state index contributed by atoms with van der Waals surface area (Å²) in [5, 5.41) is 2.77. The number of hydrogen-bond donors (Lipinski definition) is 1. The average Bonchev–Trinajstić information content (AvgIpc) is 3.27. The molecular formula is C25H24N2O4S2. The van der Waals surface area contributed by atoms with Crippen molar-refractivity contribution in [1.82, 2.24) is 9.29 Å². The van der Waals surface area contributed by atoms with Crippen molar-refractivity contribution in [1.29, 1.82) is 0 Å². The SMILES string of the molecule is CC(=O)c1ccc(S(=O)(=O)N(Cc2cccs2)Cc2cc3c(C)cc(C)cc3[nH]c2=O)cc1. The molecule has 2 heterocycles. The summed E-state index contributed by atoms with van der Waals surface area (Å²) < 4.78 is 28.4. The number of aromatic amines is 1. The molecule has 2 aromatic heterocycles. The second-order valence-corrected chi connectivity index (χ2v) is 11.1. The van der Waals surface area contributed by atoms with Crippen LogP contribution in [0.15, 0.2) is 69.7 Å². The van der Waals surface area contributed by atoms with Crippen LogP contribution in [-0.4, -0.2) is 23.5 Å². The van der Waals surface area contributed by atoms with Crippen molar-refractivity contribution < 1.29 is 13.2 Å². The smallest absolute Gasteiger partial charge is 0.252 e. The molecule has 4 aromatic rings. The number of aromatic nitrogens is 1. The number of benzene rings is 2. The van der Waals surface area contributed by atoms with E-state index in [9.17, 15) is 18.0 Å². The lowest BCUT2D eigenvalue weighted by Gasteiger charge is -2.22. The Morgan fingerprint density at radius 1 is 1.03 bits per heavy atom. The number of aryl methyl sites for hydroxylation is 2. The molecule has 2 aromatic carbocycles. The number of H-pyrrole nitrogens is 1. The van der Waals surface area contributed by atoms with E-state index in [-0.39, 0.29) is 29.3 Å². The number of hydrogen-bond acceptors (Lipinski definition) is 5. The molecule has 0 unspecified atom stereocenters. The van der Waals surface area contributed by atoms with E-state index in [1.165, 1.54) is 46.8 Å². The standard InChI is InChI=1S/C25H24N2O4S2/c1-16-11-17(2)23-13-20(25(29)26-24(23)12-16)14-27(15-21-5-4-10-32-21)33(30,31)22-8-6-19(7-9-22)18(3)28/h4-13H,14-15H2,1-3H3,(H,26,29). The number of fused-ring (bicyclic) bond motifs is 1. The van der Waals surface area contributed by atoms with Crippen LogP contribution >= 0.6 is 11.3 Å². The molecule has 6 nitrogen and oxygen atoms in total. The zero-order chi connectivity index (χ0) is 23.8. The van der Waals surface area contributed by atoms with E-state index in [4.69, 9.17) is 0 Å². The molecule has 170 valence electrons. The van der Waals surface area contributed by atoms with E-state index >= 15 is 0 Å². The third-order valence-electron chi connectivity index (χ3n) is 5.55. The largest absolute Gasteiger partial charge is 0.322 e. The summed E-state index contributed by atoms with van der Waals surface area (Å²) in [4.78, 5) is 28.3. The van der Waals surface area contributed by atoms with Crippen molar-refractivity contribution in [3.8, 4) is 0 Å². The van der Waals surface area contributed by atoms with Crippen molar-refractivity contribution in [3.05, 3.63) is 97.5 Å². The molecule has 0 saturated heterocycles. The van der Waals surface area contributed by atoms with Crippen LogP contribution in [0.25, 0.3) is 10.9 Å². The second-order valence-electron chi connectivity index (χ2n) is 8.10. The maximum absolute atomic E-state index is 13.6. The number of Topliss-reactive ketones (excluding diaryl/α,β-unsaturated/α-hetero) is 1. The summed E-state index contributed by atoms with van der Waals surface area (Å²) in [6.45, 7) is 5.42. The monoisotopic (exact) mass is 480 g/mol. The van der Waals surface area contributed by atoms with Gasteiger partial charge in [-0.3, -0.25) is 9.59 Å². The quantitative estimate of drug-likeness (QED) is 0.385. The minimum absolute atomic E-state index is 0.0761. The van der Waals surface area contributed by atoms with Crippen LogP contribution in [0.4, 0.5) is 0 Å². The molecular weight excluding hydrogens is 456 g/mol. The minimum Gasteiger partial charge on any atom is -0.322 e. The van der Waals surface area contributed by atoms with Gasteiger partial charge in [-0.1, -0.05) is 24.3 Å². The number of nitrogens with one attached hydrogen (secondary N) is 1. The molecule has 0 aliphatic carbocycles. The first-order chi connectivity index (χ1) is 15.6. The van der Waals surface area contributed by atoms with E-state index in [2.05, 4.69) is 4.98 Å². The van der Waals surface area contributed by atoms with Gasteiger partial charge >= 0.3 is 0 Å². The highest BCUT2D eigenvalue weighted by molar-refractivity contribution is 7.89. The van der Waals surface area contributed by atoms with Gasteiger partial charge < -0.3 is 4.98 Å². The number of thiophene rings is 1. The van der Waals surface area contributed by atoms with E-state index in [0.29, 0.717) is 11.1 Å². The molecule has 0 aliphatic heterocycles. The fourth-order valence-electron chi connectivity index (χ4n) is 3.84.